The van der Waals surface area contributed by atoms with E-state index in [4.69, 9.17) is 9.15 Å². The van der Waals surface area contributed by atoms with Crippen molar-refractivity contribution in [3.8, 4) is 17.2 Å². The van der Waals surface area contributed by atoms with Gasteiger partial charge in [0.25, 0.3) is 0 Å². The third-order valence-electron chi connectivity index (χ3n) is 4.59. The molecular weight excluding hydrogens is 319 g/mol. The Hall–Kier alpha value is -2.82. The Bertz CT molecular complexity index is 920. The molecule has 1 atom stereocenters. The maximum Gasteiger partial charge on any atom is 0.226 e. The number of aromatic nitrogens is 1. The molecule has 0 bridgehead atoms. The lowest BCUT2D eigenvalue weighted by molar-refractivity contribution is 0.384. The highest BCUT2D eigenvalue weighted by molar-refractivity contribution is 5.62. The minimum Gasteiger partial charge on any atom is -0.494 e. The number of oxazole rings is 1. The van der Waals surface area contributed by atoms with E-state index >= 15 is 0 Å². The minimum atomic E-state index is -0.242. The van der Waals surface area contributed by atoms with Crippen LogP contribution in [0.15, 0.2) is 47.0 Å². The van der Waals surface area contributed by atoms with Crippen LogP contribution in [0, 0.1) is 12.7 Å². The number of nitrogens with one attached hydrogen (secondary N) is 1. The zero-order valence-electron chi connectivity index (χ0n) is 14.2. The Morgan fingerprint density at radius 1 is 1.28 bits per heavy atom. The molecule has 128 valence electrons. The predicted molar refractivity (Wildman–Crippen MR) is 94.3 cm³/mol. The normalized spacial score (nSPS) is 15.9. The highest BCUT2D eigenvalue weighted by Gasteiger charge is 2.27. The first-order chi connectivity index (χ1) is 12.2. The second kappa shape index (κ2) is 6.24. The van der Waals surface area contributed by atoms with Crippen molar-refractivity contribution in [1.82, 2.24) is 4.98 Å². The van der Waals surface area contributed by atoms with Crippen LogP contribution >= 0.6 is 0 Å². The molecule has 1 unspecified atom stereocenters. The number of nitrogens with zero attached hydrogens (tertiary/aromatic N) is 1. The first kappa shape index (κ1) is 15.7. The number of rotatable bonds is 4. The molecule has 25 heavy (non-hydrogen) atoms. The van der Waals surface area contributed by atoms with Gasteiger partial charge in [-0.25, -0.2) is 9.37 Å². The van der Waals surface area contributed by atoms with Gasteiger partial charge in [-0.2, -0.15) is 0 Å². The molecule has 0 fully saturated rings. The fourth-order valence-corrected chi connectivity index (χ4v) is 3.38. The van der Waals surface area contributed by atoms with E-state index in [1.54, 1.807) is 12.3 Å². The van der Waals surface area contributed by atoms with E-state index in [1.807, 2.05) is 37.3 Å². The molecule has 0 amide bonds. The molecule has 3 aromatic rings. The summed E-state index contributed by atoms with van der Waals surface area (Å²) in [6, 6.07) is 11.6. The quantitative estimate of drug-likeness (QED) is 0.735. The number of anilines is 1. The summed E-state index contributed by atoms with van der Waals surface area (Å²) in [5, 5.41) is 3.50. The lowest BCUT2D eigenvalue weighted by Crippen LogP contribution is -2.07. The number of hydrogen-bond donors (Lipinski definition) is 1. The van der Waals surface area contributed by atoms with E-state index in [0.29, 0.717) is 18.1 Å². The summed E-state index contributed by atoms with van der Waals surface area (Å²) >= 11 is 0. The second-order valence-corrected chi connectivity index (χ2v) is 6.24. The third-order valence-corrected chi connectivity index (χ3v) is 4.59. The number of fused-ring (bicyclic) bond motifs is 1. The van der Waals surface area contributed by atoms with Gasteiger partial charge in [0.2, 0.25) is 5.89 Å². The molecule has 0 aliphatic heterocycles. The van der Waals surface area contributed by atoms with Gasteiger partial charge in [0.15, 0.2) is 11.6 Å². The van der Waals surface area contributed by atoms with Gasteiger partial charge in [-0.3, -0.25) is 0 Å². The van der Waals surface area contributed by atoms with Crippen molar-refractivity contribution >= 4 is 5.69 Å². The van der Waals surface area contributed by atoms with E-state index in [0.717, 1.165) is 34.6 Å². The lowest BCUT2D eigenvalue weighted by atomic mass is 10.1. The highest BCUT2D eigenvalue weighted by Crippen LogP contribution is 2.38. The van der Waals surface area contributed by atoms with Crippen molar-refractivity contribution in [2.75, 3.05) is 12.4 Å². The summed E-state index contributed by atoms with van der Waals surface area (Å²) in [6.07, 6.45) is 3.26. The molecule has 0 radical (unpaired) electrons. The summed E-state index contributed by atoms with van der Waals surface area (Å²) in [7, 11) is 1.49. The molecule has 1 N–H and O–H groups in total. The van der Waals surface area contributed by atoms with E-state index in [1.165, 1.54) is 7.11 Å². The van der Waals surface area contributed by atoms with Gasteiger partial charge >= 0.3 is 0 Å². The predicted octanol–water partition coefficient (Wildman–Crippen LogP) is 4.90. The molecule has 0 spiro atoms. The first-order valence-electron chi connectivity index (χ1n) is 8.30. The van der Waals surface area contributed by atoms with E-state index < -0.39 is 0 Å². The second-order valence-electron chi connectivity index (χ2n) is 6.24. The maximum absolute atomic E-state index is 14.4. The zero-order chi connectivity index (χ0) is 17.4. The molecule has 4 nitrogen and oxygen atoms in total. The average Bonchev–Trinajstić information content (AvgIpc) is 3.23. The summed E-state index contributed by atoms with van der Waals surface area (Å²) in [5.74, 6) is 1.44. The summed E-state index contributed by atoms with van der Waals surface area (Å²) < 4.78 is 25.1. The molecular formula is C20H19FN2O2. The summed E-state index contributed by atoms with van der Waals surface area (Å²) in [6.45, 7) is 1.87. The lowest BCUT2D eigenvalue weighted by Gasteiger charge is -2.16. The van der Waals surface area contributed by atoms with Crippen molar-refractivity contribution in [3.63, 3.8) is 0 Å². The van der Waals surface area contributed by atoms with Crippen molar-refractivity contribution < 1.29 is 13.5 Å². The Kier molecular flexibility index (Phi) is 3.92. The van der Waals surface area contributed by atoms with Crippen LogP contribution in [0.1, 0.15) is 29.3 Å². The van der Waals surface area contributed by atoms with Crippen molar-refractivity contribution in [3.05, 3.63) is 65.3 Å². The van der Waals surface area contributed by atoms with Gasteiger partial charge in [0.05, 0.1) is 19.3 Å². The van der Waals surface area contributed by atoms with Crippen LogP contribution in [0.3, 0.4) is 0 Å². The van der Waals surface area contributed by atoms with Crippen molar-refractivity contribution in [2.24, 2.45) is 0 Å². The van der Waals surface area contributed by atoms with E-state index in [2.05, 4.69) is 10.3 Å². The average molecular weight is 338 g/mol. The Balaban J connectivity index is 1.60. The first-order valence-corrected chi connectivity index (χ1v) is 8.30. The minimum absolute atomic E-state index is 0.0805. The van der Waals surface area contributed by atoms with Crippen molar-refractivity contribution in [2.45, 2.75) is 25.8 Å². The van der Waals surface area contributed by atoms with Gasteiger partial charge in [-0.1, -0.05) is 12.1 Å². The molecule has 1 aromatic heterocycles. The molecule has 1 heterocycles. The van der Waals surface area contributed by atoms with Crippen LogP contribution in [-0.4, -0.2) is 12.1 Å². The van der Waals surface area contributed by atoms with Gasteiger partial charge < -0.3 is 14.5 Å². The largest absolute Gasteiger partial charge is 0.494 e. The van der Waals surface area contributed by atoms with Gasteiger partial charge in [0.1, 0.15) is 5.76 Å². The molecule has 4 rings (SSSR count). The molecule has 1 aliphatic carbocycles. The Morgan fingerprint density at radius 3 is 2.92 bits per heavy atom. The molecule has 5 heteroatoms. The maximum atomic E-state index is 14.4. The summed E-state index contributed by atoms with van der Waals surface area (Å²) in [4.78, 5) is 4.27. The van der Waals surface area contributed by atoms with Crippen LogP contribution in [0.4, 0.5) is 10.1 Å². The monoisotopic (exact) mass is 338 g/mol. The van der Waals surface area contributed by atoms with Crippen LogP contribution < -0.4 is 10.1 Å². The smallest absolute Gasteiger partial charge is 0.226 e. The van der Waals surface area contributed by atoms with Crippen LogP contribution in [-0.2, 0) is 6.42 Å². The number of methoxy groups -OCH3 is 1. The fraction of sp³-hybridized carbons (Fsp3) is 0.250. The van der Waals surface area contributed by atoms with Crippen LogP contribution in [0.2, 0.25) is 0 Å². The standard InChI is InChI=1S/C20H19FN2O2/c1-12-11-22-20(25-12)13-4-3-5-14(10-13)23-17-8-6-16-15(17)7-9-18(24-2)19(16)21/h3-5,7,9-11,17,23H,6,8H2,1-2H3. The number of aryl methyl sites for hydroxylation is 1. The SMILES string of the molecule is COc1ccc2c(c1F)CCC2Nc1cccc(-c2ncc(C)o2)c1. The van der Waals surface area contributed by atoms with Gasteiger partial charge in [-0.15, -0.1) is 0 Å². The van der Waals surface area contributed by atoms with Crippen LogP contribution in [0.25, 0.3) is 11.5 Å². The molecule has 0 saturated carbocycles. The van der Waals surface area contributed by atoms with Crippen LogP contribution in [0.5, 0.6) is 5.75 Å². The molecule has 0 saturated heterocycles. The number of halogens is 1. The van der Waals surface area contributed by atoms with Gasteiger partial charge in [-0.05, 0) is 55.2 Å². The molecule has 1 aliphatic rings. The van der Waals surface area contributed by atoms with E-state index in [9.17, 15) is 4.39 Å². The highest BCUT2D eigenvalue weighted by atomic mass is 19.1. The zero-order valence-corrected chi connectivity index (χ0v) is 14.2. The number of hydrogen-bond acceptors (Lipinski definition) is 4. The number of benzene rings is 2. The topological polar surface area (TPSA) is 47.3 Å². The third kappa shape index (κ3) is 2.86. The Labute approximate surface area is 145 Å². The van der Waals surface area contributed by atoms with E-state index in [-0.39, 0.29) is 11.9 Å². The number of ether oxygens (including phenoxy) is 1. The fourth-order valence-electron chi connectivity index (χ4n) is 3.38. The summed E-state index contributed by atoms with van der Waals surface area (Å²) in [5.41, 5.74) is 3.62. The van der Waals surface area contributed by atoms with Crippen molar-refractivity contribution in [1.29, 1.82) is 0 Å². The molecule has 2 aromatic carbocycles. The Morgan fingerprint density at radius 2 is 2.16 bits per heavy atom. The van der Waals surface area contributed by atoms with Gasteiger partial charge in [0, 0.05) is 11.3 Å².